The minimum absolute atomic E-state index is 0.146. The fraction of sp³-hybridized carbons (Fsp3) is 0.833. The van der Waals surface area contributed by atoms with Gasteiger partial charge in [0.05, 0.1) is 0 Å². The standard InChI is InChI=1S/C6H12N4O/c1-4(2)5-8-9-6(11)10(5)7-3/h4-5,7H,1-3H3. The van der Waals surface area contributed by atoms with Crippen LogP contribution in [-0.2, 0) is 0 Å². The first-order chi connectivity index (χ1) is 5.16. The van der Waals surface area contributed by atoms with Gasteiger partial charge >= 0.3 is 6.03 Å². The van der Waals surface area contributed by atoms with E-state index in [2.05, 4.69) is 15.7 Å². The fourth-order valence-corrected chi connectivity index (χ4v) is 0.981. The summed E-state index contributed by atoms with van der Waals surface area (Å²) >= 11 is 0. The third kappa shape index (κ3) is 1.37. The molecule has 2 amide bonds. The summed E-state index contributed by atoms with van der Waals surface area (Å²) in [6.45, 7) is 3.99. The summed E-state index contributed by atoms with van der Waals surface area (Å²) in [6, 6.07) is -0.314. The number of urea groups is 1. The molecular formula is C6H12N4O. The number of nitrogens with one attached hydrogen (secondary N) is 1. The van der Waals surface area contributed by atoms with Gasteiger partial charge in [-0.3, -0.25) is 0 Å². The molecule has 0 spiro atoms. The Morgan fingerprint density at radius 2 is 2.27 bits per heavy atom. The van der Waals surface area contributed by atoms with Crippen LogP contribution in [0.15, 0.2) is 10.2 Å². The number of carbonyl (C=O) groups excluding carboxylic acids is 1. The van der Waals surface area contributed by atoms with Crippen LogP contribution in [0.25, 0.3) is 0 Å². The lowest BCUT2D eigenvalue weighted by Crippen LogP contribution is -2.44. The van der Waals surface area contributed by atoms with Crippen LogP contribution in [-0.4, -0.2) is 24.3 Å². The Morgan fingerprint density at radius 1 is 1.64 bits per heavy atom. The van der Waals surface area contributed by atoms with Gasteiger partial charge in [0, 0.05) is 7.05 Å². The van der Waals surface area contributed by atoms with Gasteiger partial charge in [0.1, 0.15) is 0 Å². The van der Waals surface area contributed by atoms with Crippen molar-refractivity contribution in [3.8, 4) is 0 Å². The van der Waals surface area contributed by atoms with Crippen molar-refractivity contribution < 1.29 is 4.79 Å². The van der Waals surface area contributed by atoms with Crippen molar-refractivity contribution in [1.29, 1.82) is 0 Å². The number of hydrazine groups is 1. The molecule has 0 aromatic heterocycles. The molecule has 0 saturated carbocycles. The summed E-state index contributed by atoms with van der Waals surface area (Å²) in [5.41, 5.74) is 2.74. The van der Waals surface area contributed by atoms with Crippen molar-refractivity contribution in [2.45, 2.75) is 20.0 Å². The molecule has 62 valence electrons. The Balaban J connectivity index is 2.68. The second-order valence-electron chi connectivity index (χ2n) is 2.75. The van der Waals surface area contributed by atoms with Crippen LogP contribution in [0.2, 0.25) is 0 Å². The summed E-state index contributed by atoms with van der Waals surface area (Å²) in [5.74, 6) is 0.289. The van der Waals surface area contributed by atoms with Gasteiger partial charge in [-0.1, -0.05) is 19.0 Å². The third-order valence-corrected chi connectivity index (χ3v) is 1.57. The van der Waals surface area contributed by atoms with E-state index in [1.165, 1.54) is 5.01 Å². The summed E-state index contributed by atoms with van der Waals surface area (Å²) in [6.07, 6.45) is -0.146. The van der Waals surface area contributed by atoms with Crippen LogP contribution in [0.4, 0.5) is 4.79 Å². The van der Waals surface area contributed by atoms with E-state index >= 15 is 0 Å². The lowest BCUT2D eigenvalue weighted by atomic mass is 10.1. The fourth-order valence-electron chi connectivity index (χ4n) is 0.981. The summed E-state index contributed by atoms with van der Waals surface area (Å²) in [4.78, 5) is 10.9. The number of carbonyl (C=O) groups is 1. The highest BCUT2D eigenvalue weighted by Gasteiger charge is 2.30. The molecule has 5 nitrogen and oxygen atoms in total. The van der Waals surface area contributed by atoms with Crippen molar-refractivity contribution in [2.75, 3.05) is 7.05 Å². The van der Waals surface area contributed by atoms with Gasteiger partial charge in [0.2, 0.25) is 0 Å². The van der Waals surface area contributed by atoms with Crippen LogP contribution in [0.5, 0.6) is 0 Å². The van der Waals surface area contributed by atoms with Crippen molar-refractivity contribution in [1.82, 2.24) is 10.4 Å². The molecule has 0 aromatic carbocycles. The molecule has 11 heavy (non-hydrogen) atoms. The highest BCUT2D eigenvalue weighted by atomic mass is 16.2. The van der Waals surface area contributed by atoms with Crippen LogP contribution < -0.4 is 5.43 Å². The zero-order valence-electron chi connectivity index (χ0n) is 6.90. The van der Waals surface area contributed by atoms with Crippen LogP contribution >= 0.6 is 0 Å². The van der Waals surface area contributed by atoms with E-state index in [1.54, 1.807) is 7.05 Å². The van der Waals surface area contributed by atoms with Gasteiger partial charge in [0.15, 0.2) is 6.17 Å². The average Bonchev–Trinajstić information content (AvgIpc) is 2.30. The smallest absolute Gasteiger partial charge is 0.243 e. The van der Waals surface area contributed by atoms with E-state index in [0.29, 0.717) is 0 Å². The minimum atomic E-state index is -0.314. The normalized spacial score (nSPS) is 23.8. The largest absolute Gasteiger partial charge is 0.378 e. The molecule has 5 heteroatoms. The number of nitrogens with zero attached hydrogens (tertiary/aromatic N) is 3. The number of hydrogen-bond acceptors (Lipinski definition) is 3. The van der Waals surface area contributed by atoms with Crippen LogP contribution in [0.3, 0.4) is 0 Å². The first kappa shape index (κ1) is 8.13. The zero-order valence-corrected chi connectivity index (χ0v) is 6.90. The maximum absolute atomic E-state index is 10.9. The maximum Gasteiger partial charge on any atom is 0.378 e. The molecule has 0 fully saturated rings. The van der Waals surface area contributed by atoms with Gasteiger partial charge in [-0.05, 0) is 5.92 Å². The molecule has 1 aliphatic heterocycles. The molecule has 1 heterocycles. The van der Waals surface area contributed by atoms with E-state index in [1.807, 2.05) is 13.8 Å². The molecule has 1 N–H and O–H groups in total. The van der Waals surface area contributed by atoms with Crippen molar-refractivity contribution in [3.63, 3.8) is 0 Å². The summed E-state index contributed by atoms with van der Waals surface area (Å²) < 4.78 is 0. The lowest BCUT2D eigenvalue weighted by Gasteiger charge is -2.21. The zero-order chi connectivity index (χ0) is 8.43. The number of hydrogen-bond donors (Lipinski definition) is 1. The molecule has 1 unspecified atom stereocenters. The van der Waals surface area contributed by atoms with Crippen molar-refractivity contribution >= 4 is 6.03 Å². The number of rotatable bonds is 2. The number of azo groups is 1. The molecular weight excluding hydrogens is 144 g/mol. The Bertz CT molecular complexity index is 189. The van der Waals surface area contributed by atoms with E-state index in [-0.39, 0.29) is 18.1 Å². The van der Waals surface area contributed by atoms with Crippen molar-refractivity contribution in [2.24, 2.45) is 16.1 Å². The molecule has 0 bridgehead atoms. The van der Waals surface area contributed by atoms with Gasteiger partial charge in [-0.25, -0.2) is 15.2 Å². The predicted octanol–water partition coefficient (Wildman–Crippen LogP) is 0.991. The highest BCUT2D eigenvalue weighted by Crippen LogP contribution is 2.17. The molecule has 1 rings (SSSR count). The number of amides is 2. The summed E-state index contributed by atoms with van der Waals surface area (Å²) in [5, 5.41) is 8.67. The second-order valence-corrected chi connectivity index (χ2v) is 2.75. The van der Waals surface area contributed by atoms with E-state index in [0.717, 1.165) is 0 Å². The van der Waals surface area contributed by atoms with E-state index in [9.17, 15) is 4.79 Å². The van der Waals surface area contributed by atoms with E-state index < -0.39 is 0 Å². The monoisotopic (exact) mass is 156 g/mol. The molecule has 0 radical (unpaired) electrons. The highest BCUT2D eigenvalue weighted by molar-refractivity contribution is 5.75. The molecule has 0 aliphatic carbocycles. The van der Waals surface area contributed by atoms with Gasteiger partial charge in [-0.15, -0.1) is 0 Å². The van der Waals surface area contributed by atoms with E-state index in [4.69, 9.17) is 0 Å². The van der Waals surface area contributed by atoms with Gasteiger partial charge < -0.3 is 0 Å². The van der Waals surface area contributed by atoms with Gasteiger partial charge in [0.25, 0.3) is 0 Å². The minimum Gasteiger partial charge on any atom is -0.243 e. The van der Waals surface area contributed by atoms with Crippen molar-refractivity contribution in [3.05, 3.63) is 0 Å². The Morgan fingerprint density at radius 3 is 2.64 bits per heavy atom. The first-order valence-electron chi connectivity index (χ1n) is 3.58. The molecule has 1 aliphatic rings. The average molecular weight is 156 g/mol. The predicted molar refractivity (Wildman–Crippen MR) is 39.8 cm³/mol. The molecule has 0 aromatic rings. The topological polar surface area (TPSA) is 57.1 Å². The summed E-state index contributed by atoms with van der Waals surface area (Å²) in [7, 11) is 1.68. The first-order valence-corrected chi connectivity index (χ1v) is 3.58. The second kappa shape index (κ2) is 2.96. The van der Waals surface area contributed by atoms with Gasteiger partial charge in [-0.2, -0.15) is 5.11 Å². The third-order valence-electron chi connectivity index (χ3n) is 1.57. The SMILES string of the molecule is CNN1C(=O)N=NC1C(C)C. The molecule has 1 atom stereocenters. The maximum atomic E-state index is 10.9. The molecule has 0 saturated heterocycles. The Labute approximate surface area is 65.4 Å². The lowest BCUT2D eigenvalue weighted by molar-refractivity contribution is 0.154. The Hall–Kier alpha value is -0.970. The Kier molecular flexibility index (Phi) is 2.19. The van der Waals surface area contributed by atoms with Crippen LogP contribution in [0, 0.1) is 5.92 Å². The van der Waals surface area contributed by atoms with Crippen LogP contribution in [0.1, 0.15) is 13.8 Å². The quantitative estimate of drug-likeness (QED) is 0.648.